The molecule has 2 N–H and O–H groups in total. The van der Waals surface area contributed by atoms with E-state index in [-0.39, 0.29) is 5.41 Å². The molecule has 1 aliphatic heterocycles. The van der Waals surface area contributed by atoms with E-state index in [1.165, 1.54) is 25.0 Å². The Morgan fingerprint density at radius 3 is 2.67 bits per heavy atom. The summed E-state index contributed by atoms with van der Waals surface area (Å²) < 4.78 is 0. The fourth-order valence-electron chi connectivity index (χ4n) is 2.02. The van der Waals surface area contributed by atoms with Crippen molar-refractivity contribution in [1.82, 2.24) is 15.5 Å². The maximum Gasteiger partial charge on any atom is 0.0678 e. The van der Waals surface area contributed by atoms with Crippen LogP contribution in [0, 0.1) is 0 Å². The van der Waals surface area contributed by atoms with Crippen molar-refractivity contribution in [3.8, 4) is 0 Å². The van der Waals surface area contributed by atoms with Crippen LogP contribution in [0.4, 0.5) is 0 Å². The first kappa shape index (κ1) is 10.7. The molecule has 15 heavy (non-hydrogen) atoms. The Morgan fingerprint density at radius 1 is 1.33 bits per heavy atom. The van der Waals surface area contributed by atoms with Gasteiger partial charge in [0.2, 0.25) is 0 Å². The fraction of sp³-hybridized carbons (Fsp3) is 0.750. The van der Waals surface area contributed by atoms with Crippen molar-refractivity contribution in [2.75, 3.05) is 6.54 Å². The highest BCUT2D eigenvalue weighted by Crippen LogP contribution is 2.26. The highest BCUT2D eigenvalue weighted by Gasteiger charge is 2.21. The zero-order valence-corrected chi connectivity index (χ0v) is 9.93. The minimum atomic E-state index is 0.142. The van der Waals surface area contributed by atoms with E-state index in [4.69, 9.17) is 0 Å². The topological polar surface area (TPSA) is 40.7 Å². The second-order valence-electron chi connectivity index (χ2n) is 5.46. The summed E-state index contributed by atoms with van der Waals surface area (Å²) in [7, 11) is 0. The Balaban J connectivity index is 2.12. The number of hydrogen-bond acceptors (Lipinski definition) is 2. The molecule has 3 heteroatoms. The van der Waals surface area contributed by atoms with Crippen molar-refractivity contribution in [1.29, 1.82) is 0 Å². The van der Waals surface area contributed by atoms with Gasteiger partial charge in [-0.05, 0) is 25.5 Å². The maximum absolute atomic E-state index is 4.40. The SMILES string of the molecule is CC(C)(C)c1cc(C2CCCCN2)[nH]n1. The number of aromatic amines is 1. The summed E-state index contributed by atoms with van der Waals surface area (Å²) in [6, 6.07) is 2.70. The van der Waals surface area contributed by atoms with E-state index >= 15 is 0 Å². The number of nitrogens with zero attached hydrogens (tertiary/aromatic N) is 1. The van der Waals surface area contributed by atoms with Crippen LogP contribution < -0.4 is 5.32 Å². The molecule has 1 aromatic rings. The first-order valence-electron chi connectivity index (χ1n) is 5.86. The van der Waals surface area contributed by atoms with E-state index in [0.717, 1.165) is 12.2 Å². The molecule has 1 aliphatic rings. The van der Waals surface area contributed by atoms with Gasteiger partial charge in [-0.15, -0.1) is 0 Å². The summed E-state index contributed by atoms with van der Waals surface area (Å²) in [5, 5.41) is 11.1. The molecule has 2 heterocycles. The van der Waals surface area contributed by atoms with Crippen LogP contribution in [-0.2, 0) is 5.41 Å². The smallest absolute Gasteiger partial charge is 0.0678 e. The van der Waals surface area contributed by atoms with Gasteiger partial charge < -0.3 is 5.32 Å². The van der Waals surface area contributed by atoms with E-state index in [1.807, 2.05) is 0 Å². The van der Waals surface area contributed by atoms with Crippen LogP contribution in [0.3, 0.4) is 0 Å². The number of H-pyrrole nitrogens is 1. The minimum Gasteiger partial charge on any atom is -0.309 e. The van der Waals surface area contributed by atoms with Gasteiger partial charge in [0.15, 0.2) is 0 Å². The van der Waals surface area contributed by atoms with Gasteiger partial charge in [0.05, 0.1) is 11.4 Å². The Bertz CT molecular complexity index is 316. The molecule has 1 atom stereocenters. The summed E-state index contributed by atoms with van der Waals surface area (Å²) in [6.07, 6.45) is 3.85. The van der Waals surface area contributed by atoms with Gasteiger partial charge in [0.25, 0.3) is 0 Å². The van der Waals surface area contributed by atoms with Crippen LogP contribution in [0.25, 0.3) is 0 Å². The lowest BCUT2D eigenvalue weighted by molar-refractivity contribution is 0.405. The molecule has 3 nitrogen and oxygen atoms in total. The summed E-state index contributed by atoms with van der Waals surface area (Å²) in [4.78, 5) is 0. The van der Waals surface area contributed by atoms with Crippen molar-refractivity contribution < 1.29 is 0 Å². The third kappa shape index (κ3) is 2.40. The number of rotatable bonds is 1. The van der Waals surface area contributed by atoms with Crippen LogP contribution in [0.2, 0.25) is 0 Å². The lowest BCUT2D eigenvalue weighted by atomic mass is 9.91. The predicted octanol–water partition coefficient (Wildman–Crippen LogP) is 2.52. The zero-order valence-electron chi connectivity index (χ0n) is 9.93. The Hall–Kier alpha value is -0.830. The molecule has 0 spiro atoms. The summed E-state index contributed by atoms with van der Waals surface area (Å²) in [5.41, 5.74) is 2.55. The predicted molar refractivity (Wildman–Crippen MR) is 61.9 cm³/mol. The lowest BCUT2D eigenvalue weighted by Gasteiger charge is -2.22. The molecule has 0 aliphatic carbocycles. The summed E-state index contributed by atoms with van der Waals surface area (Å²) in [6.45, 7) is 7.72. The first-order valence-corrected chi connectivity index (χ1v) is 5.86. The lowest BCUT2D eigenvalue weighted by Crippen LogP contribution is -2.27. The van der Waals surface area contributed by atoms with Gasteiger partial charge in [0, 0.05) is 11.5 Å². The fourth-order valence-corrected chi connectivity index (χ4v) is 2.02. The average molecular weight is 207 g/mol. The van der Waals surface area contributed by atoms with Gasteiger partial charge in [-0.25, -0.2) is 0 Å². The second-order valence-corrected chi connectivity index (χ2v) is 5.46. The standard InChI is InChI=1S/C12H21N3/c1-12(2,3)11-8-10(14-15-11)9-6-4-5-7-13-9/h8-9,13H,4-7H2,1-3H3,(H,14,15). The summed E-state index contributed by atoms with van der Waals surface area (Å²) in [5.74, 6) is 0. The molecule has 84 valence electrons. The van der Waals surface area contributed by atoms with E-state index in [0.29, 0.717) is 6.04 Å². The molecule has 0 saturated carbocycles. The van der Waals surface area contributed by atoms with Crippen molar-refractivity contribution in [2.24, 2.45) is 0 Å². The molecular weight excluding hydrogens is 186 g/mol. The van der Waals surface area contributed by atoms with Crippen molar-refractivity contribution in [2.45, 2.75) is 51.5 Å². The Kier molecular flexibility index (Phi) is 2.83. The molecule has 1 saturated heterocycles. The van der Waals surface area contributed by atoms with E-state index in [9.17, 15) is 0 Å². The molecule has 1 fully saturated rings. The Labute approximate surface area is 91.7 Å². The second kappa shape index (κ2) is 3.97. The number of nitrogens with one attached hydrogen (secondary N) is 2. The molecule has 0 aromatic carbocycles. The first-order chi connectivity index (χ1) is 7.07. The molecule has 0 amide bonds. The molecule has 1 unspecified atom stereocenters. The largest absolute Gasteiger partial charge is 0.309 e. The van der Waals surface area contributed by atoms with E-state index in [2.05, 4.69) is 42.4 Å². The quantitative estimate of drug-likeness (QED) is 0.743. The summed E-state index contributed by atoms with van der Waals surface area (Å²) >= 11 is 0. The average Bonchev–Trinajstić information content (AvgIpc) is 2.67. The van der Waals surface area contributed by atoms with Crippen LogP contribution in [0.15, 0.2) is 6.07 Å². The van der Waals surface area contributed by atoms with Gasteiger partial charge >= 0.3 is 0 Å². The van der Waals surface area contributed by atoms with Crippen molar-refractivity contribution in [3.63, 3.8) is 0 Å². The van der Waals surface area contributed by atoms with Crippen molar-refractivity contribution >= 4 is 0 Å². The van der Waals surface area contributed by atoms with Crippen LogP contribution in [0.1, 0.15) is 57.5 Å². The van der Waals surface area contributed by atoms with E-state index in [1.54, 1.807) is 0 Å². The third-order valence-corrected chi connectivity index (χ3v) is 3.05. The number of piperidine rings is 1. The maximum atomic E-state index is 4.40. The molecular formula is C12H21N3. The number of aromatic nitrogens is 2. The van der Waals surface area contributed by atoms with Crippen LogP contribution in [0.5, 0.6) is 0 Å². The normalized spacial score (nSPS) is 23.0. The molecule has 1 aromatic heterocycles. The minimum absolute atomic E-state index is 0.142. The monoisotopic (exact) mass is 207 g/mol. The number of hydrogen-bond donors (Lipinski definition) is 2. The molecule has 0 radical (unpaired) electrons. The van der Waals surface area contributed by atoms with Gasteiger partial charge in [-0.3, -0.25) is 5.10 Å². The molecule has 0 bridgehead atoms. The molecule has 2 rings (SSSR count). The van der Waals surface area contributed by atoms with Gasteiger partial charge in [-0.2, -0.15) is 5.10 Å². The highest BCUT2D eigenvalue weighted by molar-refractivity contribution is 5.19. The van der Waals surface area contributed by atoms with E-state index < -0.39 is 0 Å². The van der Waals surface area contributed by atoms with Crippen LogP contribution >= 0.6 is 0 Å². The van der Waals surface area contributed by atoms with Gasteiger partial charge in [0.1, 0.15) is 0 Å². The van der Waals surface area contributed by atoms with Gasteiger partial charge in [-0.1, -0.05) is 27.2 Å². The van der Waals surface area contributed by atoms with Crippen LogP contribution in [-0.4, -0.2) is 16.7 Å². The van der Waals surface area contributed by atoms with Crippen molar-refractivity contribution in [3.05, 3.63) is 17.5 Å². The Morgan fingerprint density at radius 2 is 2.13 bits per heavy atom. The third-order valence-electron chi connectivity index (χ3n) is 3.05. The zero-order chi connectivity index (χ0) is 10.9. The highest BCUT2D eigenvalue weighted by atomic mass is 15.1.